The van der Waals surface area contributed by atoms with Gasteiger partial charge in [0.15, 0.2) is 0 Å². The summed E-state index contributed by atoms with van der Waals surface area (Å²) in [4.78, 5) is 12.8. The SMILES string of the molecule is CC[C@H](OC)[C@@H](C)[C@H]1O[C@@H]1C(NCCc1ccc(Cl)cc1Cl)C(C)(O)/C=C/C=C(\C)[C@H]1OC(=O)C[C@H](O)CC[C@@](C)(O)[C@@H](O)/C=C/[C@@H]1C. The van der Waals surface area contributed by atoms with Gasteiger partial charge in [0, 0.05) is 29.0 Å². The molecule has 1 aromatic carbocycles. The molecule has 48 heavy (non-hydrogen) atoms. The summed E-state index contributed by atoms with van der Waals surface area (Å²) in [6, 6.07) is 4.94. The number of esters is 1. The van der Waals surface area contributed by atoms with Crippen molar-refractivity contribution < 1.29 is 39.4 Å². The predicted octanol–water partition coefficient (Wildman–Crippen LogP) is 5.34. The number of halogens is 2. The van der Waals surface area contributed by atoms with Crippen LogP contribution in [0.15, 0.2) is 54.2 Å². The highest BCUT2D eigenvalue weighted by Crippen LogP contribution is 2.39. The average Bonchev–Trinajstić information content (AvgIpc) is 3.80. The Morgan fingerprint density at radius 2 is 1.96 bits per heavy atom. The topological polar surface area (TPSA) is 141 Å². The molecule has 2 aliphatic rings. The van der Waals surface area contributed by atoms with E-state index in [0.29, 0.717) is 28.6 Å². The zero-order valence-electron chi connectivity index (χ0n) is 29.2. The number of epoxide rings is 1. The number of nitrogens with one attached hydrogen (secondary N) is 1. The minimum Gasteiger partial charge on any atom is -0.457 e. The third-order valence-corrected chi connectivity index (χ3v) is 10.3. The van der Waals surface area contributed by atoms with E-state index in [-0.39, 0.29) is 49.4 Å². The van der Waals surface area contributed by atoms with E-state index in [1.54, 1.807) is 50.5 Å². The normalized spacial score (nSPS) is 32.8. The van der Waals surface area contributed by atoms with Crippen LogP contribution in [0.25, 0.3) is 0 Å². The molecule has 0 spiro atoms. The molecule has 0 bridgehead atoms. The number of rotatable bonds is 13. The molecule has 5 N–H and O–H groups in total. The number of aliphatic hydroxyl groups is 4. The second kappa shape index (κ2) is 17.9. The molecule has 270 valence electrons. The first-order valence-electron chi connectivity index (χ1n) is 16.9. The number of hydrogen-bond donors (Lipinski definition) is 5. The summed E-state index contributed by atoms with van der Waals surface area (Å²) >= 11 is 12.5. The fourth-order valence-corrected chi connectivity index (χ4v) is 6.92. The van der Waals surface area contributed by atoms with E-state index < -0.39 is 41.5 Å². The highest BCUT2D eigenvalue weighted by molar-refractivity contribution is 6.35. The summed E-state index contributed by atoms with van der Waals surface area (Å²) in [5.74, 6) is -0.799. The maximum atomic E-state index is 12.8. The third-order valence-electron chi connectivity index (χ3n) is 9.70. The number of carbonyl (C=O) groups excluding carboxylic acids is 1. The number of allylic oxidation sites excluding steroid dienone is 2. The average molecular weight is 713 g/mol. The van der Waals surface area contributed by atoms with Crippen LogP contribution in [0, 0.1) is 11.8 Å². The van der Waals surface area contributed by atoms with Crippen molar-refractivity contribution in [3.63, 3.8) is 0 Å². The molecule has 0 amide bonds. The van der Waals surface area contributed by atoms with Gasteiger partial charge in [-0.2, -0.15) is 0 Å². The molecule has 1 saturated heterocycles. The second-order valence-electron chi connectivity index (χ2n) is 13.9. The van der Waals surface area contributed by atoms with Gasteiger partial charge in [0.2, 0.25) is 0 Å². The molecule has 0 aliphatic carbocycles. The number of ether oxygens (including phenoxy) is 3. The van der Waals surface area contributed by atoms with Gasteiger partial charge >= 0.3 is 5.97 Å². The minimum absolute atomic E-state index is 0.0256. The maximum Gasteiger partial charge on any atom is 0.309 e. The number of cyclic esters (lactones) is 1. The van der Waals surface area contributed by atoms with Gasteiger partial charge < -0.3 is 40.0 Å². The Bertz CT molecular complexity index is 1290. The molecule has 2 heterocycles. The summed E-state index contributed by atoms with van der Waals surface area (Å²) in [6.45, 7) is 11.6. The van der Waals surface area contributed by atoms with Gasteiger partial charge in [0.25, 0.3) is 0 Å². The van der Waals surface area contributed by atoms with Crippen molar-refractivity contribution in [2.24, 2.45) is 11.8 Å². The van der Waals surface area contributed by atoms with Gasteiger partial charge in [-0.05, 0) is 76.3 Å². The first-order chi connectivity index (χ1) is 22.5. The highest BCUT2D eigenvalue weighted by atomic mass is 35.5. The van der Waals surface area contributed by atoms with E-state index in [9.17, 15) is 25.2 Å². The molecule has 11 heteroatoms. The quantitative estimate of drug-likeness (QED) is 0.0794. The lowest BCUT2D eigenvalue weighted by molar-refractivity contribution is -0.151. The van der Waals surface area contributed by atoms with Crippen molar-refractivity contribution in [2.75, 3.05) is 13.7 Å². The van der Waals surface area contributed by atoms with Gasteiger partial charge in [-0.15, -0.1) is 0 Å². The van der Waals surface area contributed by atoms with Crippen molar-refractivity contribution >= 4 is 29.2 Å². The Balaban J connectivity index is 1.82. The number of benzene rings is 1. The lowest BCUT2D eigenvalue weighted by atomic mass is 9.87. The van der Waals surface area contributed by atoms with Crippen LogP contribution in [0.2, 0.25) is 10.0 Å². The van der Waals surface area contributed by atoms with Crippen LogP contribution in [0.1, 0.15) is 72.8 Å². The molecule has 1 fully saturated rings. The lowest BCUT2D eigenvalue weighted by Gasteiger charge is -2.31. The zero-order chi connectivity index (χ0) is 35.8. The smallest absolute Gasteiger partial charge is 0.309 e. The third kappa shape index (κ3) is 11.4. The highest BCUT2D eigenvalue weighted by Gasteiger charge is 2.54. The fourth-order valence-electron chi connectivity index (χ4n) is 6.42. The molecule has 2 unspecified atom stereocenters. The fraction of sp³-hybridized carbons (Fsp3) is 0.649. The largest absolute Gasteiger partial charge is 0.457 e. The molecule has 9 nitrogen and oxygen atoms in total. The Morgan fingerprint density at radius 1 is 1.25 bits per heavy atom. The van der Waals surface area contributed by atoms with Gasteiger partial charge in [-0.25, -0.2) is 0 Å². The van der Waals surface area contributed by atoms with E-state index >= 15 is 0 Å². The number of hydrogen-bond acceptors (Lipinski definition) is 9. The summed E-state index contributed by atoms with van der Waals surface area (Å²) in [6.07, 6.45) is 6.71. The molecule has 2 aliphatic heterocycles. The van der Waals surface area contributed by atoms with Crippen molar-refractivity contribution in [2.45, 2.75) is 128 Å². The van der Waals surface area contributed by atoms with Crippen LogP contribution < -0.4 is 5.32 Å². The standard InChI is InChI=1S/C37H55Cl2NO8/c1-8-29(46-7)24(4)33-34(48-33)35(40-19-16-25-12-13-26(38)20-28(25)39)37(6,45)17-9-10-22(2)32-23(3)11-14-30(42)36(5,44)18-15-27(41)21-31(43)47-32/h9-14,17,20,23-24,27,29-30,32-35,40-42,44-45H,8,15-16,18-19,21H2,1-7H3/b14-11+,17-9+,22-10+/t23-,24+,27+,29-,30-,32+,33+,34-,35?,36+,37?/m0/s1. The summed E-state index contributed by atoms with van der Waals surface area (Å²) < 4.78 is 17.7. The molecule has 0 aromatic heterocycles. The summed E-state index contributed by atoms with van der Waals surface area (Å²) in [7, 11) is 1.70. The van der Waals surface area contributed by atoms with E-state index in [4.69, 9.17) is 37.4 Å². The Kier molecular flexibility index (Phi) is 15.2. The summed E-state index contributed by atoms with van der Waals surface area (Å²) in [5, 5.41) is 48.1. The first kappa shape index (κ1) is 40.6. The molecule has 0 saturated carbocycles. The van der Waals surface area contributed by atoms with Crippen LogP contribution >= 0.6 is 23.2 Å². The van der Waals surface area contributed by atoms with Crippen molar-refractivity contribution in [1.29, 1.82) is 0 Å². The van der Waals surface area contributed by atoms with Gasteiger partial charge in [-0.1, -0.05) is 80.4 Å². The molecule has 3 rings (SSSR count). The lowest BCUT2D eigenvalue weighted by Crippen LogP contribution is -2.52. The van der Waals surface area contributed by atoms with Crippen molar-refractivity contribution in [3.05, 3.63) is 69.8 Å². The number of carbonyl (C=O) groups is 1. The van der Waals surface area contributed by atoms with E-state index in [2.05, 4.69) is 19.2 Å². The van der Waals surface area contributed by atoms with Gasteiger partial charge in [0.1, 0.15) is 18.3 Å². The van der Waals surface area contributed by atoms with Crippen LogP contribution in [0.3, 0.4) is 0 Å². The Labute approximate surface area is 295 Å². The number of aliphatic hydroxyl groups excluding tert-OH is 2. The van der Waals surface area contributed by atoms with Gasteiger partial charge in [0.05, 0.1) is 42.0 Å². The Hall–Kier alpha value is -1.79. The maximum absolute atomic E-state index is 12.8. The van der Waals surface area contributed by atoms with E-state index in [0.717, 1.165) is 12.0 Å². The Morgan fingerprint density at radius 3 is 2.60 bits per heavy atom. The van der Waals surface area contributed by atoms with Crippen molar-refractivity contribution in [1.82, 2.24) is 5.32 Å². The molecular weight excluding hydrogens is 657 g/mol. The van der Waals surface area contributed by atoms with E-state index in [1.807, 2.05) is 19.9 Å². The van der Waals surface area contributed by atoms with Crippen LogP contribution in [-0.4, -0.2) is 93.9 Å². The van der Waals surface area contributed by atoms with E-state index in [1.165, 1.54) is 13.0 Å². The molecule has 11 atom stereocenters. The minimum atomic E-state index is -1.45. The number of methoxy groups -OCH3 is 1. The molecule has 1 aromatic rings. The predicted molar refractivity (Wildman–Crippen MR) is 189 cm³/mol. The zero-order valence-corrected chi connectivity index (χ0v) is 30.7. The van der Waals surface area contributed by atoms with Crippen LogP contribution in [-0.2, 0) is 25.4 Å². The first-order valence-corrected chi connectivity index (χ1v) is 17.7. The van der Waals surface area contributed by atoms with Crippen LogP contribution in [0.4, 0.5) is 0 Å². The van der Waals surface area contributed by atoms with Crippen molar-refractivity contribution in [3.8, 4) is 0 Å². The summed E-state index contributed by atoms with van der Waals surface area (Å²) in [5.41, 5.74) is -1.17. The monoisotopic (exact) mass is 711 g/mol. The second-order valence-corrected chi connectivity index (χ2v) is 14.7. The molecule has 0 radical (unpaired) electrons. The van der Waals surface area contributed by atoms with Gasteiger partial charge in [-0.3, -0.25) is 4.79 Å². The molecular formula is C37H55Cl2NO8. The van der Waals surface area contributed by atoms with Crippen LogP contribution in [0.5, 0.6) is 0 Å².